The minimum Gasteiger partial charge on any atom is -0.458 e. The van der Waals surface area contributed by atoms with Gasteiger partial charge in [0.1, 0.15) is 11.5 Å². The molecule has 0 aromatic heterocycles. The van der Waals surface area contributed by atoms with Crippen LogP contribution in [0, 0.1) is 0 Å². The lowest BCUT2D eigenvalue weighted by Crippen LogP contribution is -2.63. The summed E-state index contributed by atoms with van der Waals surface area (Å²) in [6.45, 7) is 6.58. The van der Waals surface area contributed by atoms with Crippen LogP contribution in [0.15, 0.2) is 343 Å². The Labute approximate surface area is 567 Å². The van der Waals surface area contributed by atoms with E-state index in [1.165, 1.54) is 54.1 Å². The van der Waals surface area contributed by atoms with Gasteiger partial charge in [0, 0.05) is 78.3 Å². The second-order valence-corrected chi connectivity index (χ2v) is 27.5. The van der Waals surface area contributed by atoms with Crippen molar-refractivity contribution in [3.63, 3.8) is 0 Å². The Balaban J connectivity index is 0.902. The summed E-state index contributed by atoms with van der Waals surface area (Å²) < 4.78 is 7.47. The third-order valence-electron chi connectivity index (χ3n) is 19.7. The number of para-hydroxylation sites is 6. The second kappa shape index (κ2) is 23.2. The SMILES string of the molecule is CC(C)(C)c1ccc(-c2ccccc2N2c3cc4c(cc3B3c5ccccc5Oc5cc(N(c6ccc(-c7ccccc7)cc6)c6cccc(-c7ccccc7)c6)cc2c53)B2c3ccccc3N(c3ccccc3)c3cc(N(c5ccccc5)c5ccccc5)cc(c32)S4)cc1. The maximum Gasteiger partial charge on any atom is 0.256 e. The van der Waals surface area contributed by atoms with Crippen LogP contribution in [0.3, 0.4) is 0 Å². The van der Waals surface area contributed by atoms with E-state index >= 15 is 0 Å². The first-order valence-electron chi connectivity index (χ1n) is 33.2. The van der Waals surface area contributed by atoms with E-state index in [2.05, 4.69) is 374 Å². The van der Waals surface area contributed by atoms with Crippen molar-refractivity contribution in [1.82, 2.24) is 0 Å². The van der Waals surface area contributed by atoms with E-state index in [4.69, 9.17) is 4.74 Å². The summed E-state index contributed by atoms with van der Waals surface area (Å²) in [7, 11) is 0. The lowest BCUT2D eigenvalue weighted by molar-refractivity contribution is 0.487. The molecule has 96 heavy (non-hydrogen) atoms. The number of hydrogen-bond acceptors (Lipinski definition) is 6. The molecule has 4 aliphatic rings. The van der Waals surface area contributed by atoms with Gasteiger partial charge in [-0.2, -0.15) is 0 Å². The molecule has 0 saturated carbocycles. The lowest BCUT2D eigenvalue weighted by atomic mass is 9.31. The van der Waals surface area contributed by atoms with Crippen LogP contribution in [-0.2, 0) is 5.41 Å². The van der Waals surface area contributed by atoms with E-state index < -0.39 is 0 Å². The molecule has 8 heteroatoms. The van der Waals surface area contributed by atoms with Crippen LogP contribution in [0.25, 0.3) is 33.4 Å². The van der Waals surface area contributed by atoms with Crippen LogP contribution in [-0.4, -0.2) is 13.4 Å². The number of ether oxygens (including phenoxy) is 1. The van der Waals surface area contributed by atoms with Gasteiger partial charge < -0.3 is 24.3 Å². The normalized spacial score (nSPS) is 12.9. The fraction of sp³-hybridized carbons (Fsp3) is 0.0455. The predicted molar refractivity (Wildman–Crippen MR) is 407 cm³/mol. The van der Waals surface area contributed by atoms with Crippen LogP contribution in [0.2, 0.25) is 0 Å². The molecule has 4 heterocycles. The molecule has 0 unspecified atom stereocenters. The highest BCUT2D eigenvalue weighted by Crippen LogP contribution is 2.52. The quantitative estimate of drug-likeness (QED) is 0.120. The van der Waals surface area contributed by atoms with Gasteiger partial charge in [0.05, 0.1) is 11.4 Å². The van der Waals surface area contributed by atoms with Gasteiger partial charge in [-0.1, -0.05) is 262 Å². The molecule has 0 N–H and O–H groups in total. The third kappa shape index (κ3) is 9.73. The first-order valence-corrected chi connectivity index (χ1v) is 34.0. The molecule has 454 valence electrons. The summed E-state index contributed by atoms with van der Waals surface area (Å²) in [5.74, 6) is 1.69. The van der Waals surface area contributed by atoms with E-state index in [1.54, 1.807) is 0 Å². The molecule has 14 aromatic carbocycles. The van der Waals surface area contributed by atoms with Crippen molar-refractivity contribution >= 4 is 126 Å². The maximum atomic E-state index is 7.47. The number of hydrogen-bond donors (Lipinski definition) is 0. The maximum absolute atomic E-state index is 7.47. The monoisotopic (exact) mass is 1250 g/mol. The number of benzene rings is 14. The predicted octanol–water partition coefficient (Wildman–Crippen LogP) is 20.1. The lowest BCUT2D eigenvalue weighted by Gasteiger charge is -2.44. The average molecular weight is 1250 g/mol. The number of nitrogens with zero attached hydrogens (tertiary/aromatic N) is 4. The molecule has 14 aromatic rings. The van der Waals surface area contributed by atoms with E-state index in [0.717, 1.165) is 107 Å². The molecule has 0 spiro atoms. The Bertz CT molecular complexity index is 5260. The topological polar surface area (TPSA) is 22.2 Å². The second-order valence-electron chi connectivity index (χ2n) is 26.4. The van der Waals surface area contributed by atoms with E-state index in [-0.39, 0.29) is 18.8 Å². The molecule has 0 fully saturated rings. The van der Waals surface area contributed by atoms with Gasteiger partial charge >= 0.3 is 0 Å². The summed E-state index contributed by atoms with van der Waals surface area (Å²) >= 11 is 1.90. The fourth-order valence-electron chi connectivity index (χ4n) is 15.2. The van der Waals surface area contributed by atoms with Crippen molar-refractivity contribution in [3.8, 4) is 44.9 Å². The van der Waals surface area contributed by atoms with Crippen LogP contribution in [0.4, 0.5) is 68.2 Å². The Kier molecular flexibility index (Phi) is 13.9. The molecule has 4 aliphatic heterocycles. The third-order valence-corrected chi connectivity index (χ3v) is 20.8. The van der Waals surface area contributed by atoms with Crippen molar-refractivity contribution in [1.29, 1.82) is 0 Å². The Morgan fingerprint density at radius 3 is 1.50 bits per heavy atom. The Morgan fingerprint density at radius 1 is 0.302 bits per heavy atom. The number of fused-ring (bicyclic) bond motifs is 8. The minimum atomic E-state index is -0.193. The zero-order valence-corrected chi connectivity index (χ0v) is 54.3. The highest BCUT2D eigenvalue weighted by atomic mass is 32.2. The highest BCUT2D eigenvalue weighted by molar-refractivity contribution is 8.00. The Morgan fingerprint density at radius 2 is 0.812 bits per heavy atom. The van der Waals surface area contributed by atoms with Crippen LogP contribution in [0.5, 0.6) is 11.5 Å². The van der Waals surface area contributed by atoms with Gasteiger partial charge in [-0.05, 0) is 169 Å². The van der Waals surface area contributed by atoms with Crippen LogP contribution >= 0.6 is 11.8 Å². The average Bonchev–Trinajstić information content (AvgIpc) is 0.696. The Hall–Kier alpha value is -11.4. The zero-order valence-electron chi connectivity index (χ0n) is 53.5. The number of anilines is 12. The summed E-state index contributed by atoms with van der Waals surface area (Å²) in [6, 6.07) is 123. The standard InChI is InChI=1S/C88H64B2N4OS/c1-88(2,3)64-48-44-62(45-49-64)72-38-19-22-41-77(72)94-79-58-84-76(89-73-39-20-23-42-78(73)93(67-35-17-8-18-36-67)81-54-71(56-85(96-84)87(81)89)91(65-31-13-6-14-32-65)66-33-15-7-16-34-66)57-75(79)90-74-40-21-24-43-82(74)95-83-55-70(53-80(94)86(83)90)92(68-50-46-61(47-51-68)59-26-9-4-10-27-59)69-37-25-30-63(52-69)60-28-11-5-12-29-60/h4-58H,1-3H3. The molecule has 5 nitrogen and oxygen atoms in total. The molecular formula is C88H64B2N4OS. The van der Waals surface area contributed by atoms with Crippen molar-refractivity contribution in [3.05, 3.63) is 339 Å². The molecule has 0 radical (unpaired) electrons. The van der Waals surface area contributed by atoms with Gasteiger partial charge in [0.2, 0.25) is 6.71 Å². The van der Waals surface area contributed by atoms with Gasteiger partial charge in [0.15, 0.2) is 0 Å². The molecule has 0 aliphatic carbocycles. The van der Waals surface area contributed by atoms with E-state index in [9.17, 15) is 0 Å². The summed E-state index contributed by atoms with van der Waals surface area (Å²) in [5.41, 5.74) is 28.6. The first-order chi connectivity index (χ1) is 47.3. The van der Waals surface area contributed by atoms with Gasteiger partial charge in [-0.15, -0.1) is 0 Å². The molecular weight excluding hydrogens is 1180 g/mol. The summed E-state index contributed by atoms with van der Waals surface area (Å²) in [4.78, 5) is 12.4. The van der Waals surface area contributed by atoms with Crippen LogP contribution in [0.1, 0.15) is 26.3 Å². The molecule has 0 atom stereocenters. The fourth-order valence-corrected chi connectivity index (χ4v) is 16.4. The molecule has 0 amide bonds. The van der Waals surface area contributed by atoms with Crippen molar-refractivity contribution < 1.29 is 4.74 Å². The van der Waals surface area contributed by atoms with Crippen molar-refractivity contribution in [2.45, 2.75) is 36.0 Å². The van der Waals surface area contributed by atoms with Gasteiger partial charge in [0.25, 0.3) is 6.71 Å². The summed E-state index contributed by atoms with van der Waals surface area (Å²) in [5, 5.41) is 0. The minimum absolute atomic E-state index is 0.0139. The largest absolute Gasteiger partial charge is 0.458 e. The molecule has 0 saturated heterocycles. The van der Waals surface area contributed by atoms with E-state index in [1.807, 2.05) is 11.8 Å². The van der Waals surface area contributed by atoms with E-state index in [0.29, 0.717) is 0 Å². The van der Waals surface area contributed by atoms with Crippen LogP contribution < -0.4 is 57.1 Å². The van der Waals surface area contributed by atoms with Gasteiger partial charge in [-0.25, -0.2) is 0 Å². The van der Waals surface area contributed by atoms with Crippen molar-refractivity contribution in [2.24, 2.45) is 0 Å². The summed E-state index contributed by atoms with van der Waals surface area (Å²) in [6.07, 6.45) is 0. The highest BCUT2D eigenvalue weighted by Gasteiger charge is 2.47. The zero-order chi connectivity index (χ0) is 64.0. The smallest absolute Gasteiger partial charge is 0.256 e. The van der Waals surface area contributed by atoms with Crippen molar-refractivity contribution in [2.75, 3.05) is 19.6 Å². The number of rotatable bonds is 11. The molecule has 0 bridgehead atoms. The molecule has 18 rings (SSSR count). The van der Waals surface area contributed by atoms with Gasteiger partial charge in [-0.3, -0.25) is 0 Å². The first kappa shape index (κ1) is 57.2.